The molecule has 5 nitrogen and oxygen atoms in total. The quantitative estimate of drug-likeness (QED) is 0.812. The van der Waals surface area contributed by atoms with Crippen LogP contribution in [0.25, 0.3) is 0 Å². The maximum Gasteiger partial charge on any atom is 0.239 e. The van der Waals surface area contributed by atoms with Gasteiger partial charge in [0.2, 0.25) is 5.91 Å². The summed E-state index contributed by atoms with van der Waals surface area (Å²) >= 11 is 3.41. The van der Waals surface area contributed by atoms with Crippen LogP contribution in [0.4, 0.5) is 0 Å². The van der Waals surface area contributed by atoms with Crippen molar-refractivity contribution in [2.75, 3.05) is 20.8 Å². The van der Waals surface area contributed by atoms with E-state index in [1.54, 1.807) is 7.11 Å². The van der Waals surface area contributed by atoms with Gasteiger partial charge in [0.25, 0.3) is 0 Å². The molecule has 7 heteroatoms. The molecule has 0 bridgehead atoms. The van der Waals surface area contributed by atoms with Gasteiger partial charge in [-0.05, 0) is 23.8 Å². The number of nitrogens with one attached hydrogen (secondary N) is 1. The van der Waals surface area contributed by atoms with Crippen molar-refractivity contribution in [3.8, 4) is 5.75 Å². The first-order valence-corrected chi connectivity index (χ1v) is 6.22. The number of hydrogen-bond donors (Lipinski definition) is 2. The van der Waals surface area contributed by atoms with E-state index in [2.05, 4.69) is 21.2 Å². The Labute approximate surface area is 127 Å². The predicted molar refractivity (Wildman–Crippen MR) is 79.6 cm³/mol. The van der Waals surface area contributed by atoms with Crippen molar-refractivity contribution >= 4 is 34.2 Å². The number of rotatable bonds is 6. The summed E-state index contributed by atoms with van der Waals surface area (Å²) in [6, 6.07) is 4.91. The van der Waals surface area contributed by atoms with Gasteiger partial charge in [-0.3, -0.25) is 4.79 Å². The fourth-order valence-electron chi connectivity index (χ4n) is 1.38. The maximum atomic E-state index is 11.6. The number of halogens is 2. The van der Waals surface area contributed by atoms with Crippen LogP contribution in [-0.2, 0) is 16.1 Å². The molecule has 0 heterocycles. The second kappa shape index (κ2) is 9.14. The van der Waals surface area contributed by atoms with E-state index in [0.29, 0.717) is 6.54 Å². The molecular formula is C12H18BrClN2O3. The molecule has 0 saturated carbocycles. The van der Waals surface area contributed by atoms with Crippen LogP contribution in [0.1, 0.15) is 5.56 Å². The van der Waals surface area contributed by atoms with E-state index in [0.717, 1.165) is 15.8 Å². The average Bonchev–Trinajstić information content (AvgIpc) is 2.37. The maximum absolute atomic E-state index is 11.6. The molecule has 1 atom stereocenters. The van der Waals surface area contributed by atoms with Gasteiger partial charge in [-0.15, -0.1) is 12.4 Å². The van der Waals surface area contributed by atoms with Crippen molar-refractivity contribution in [2.45, 2.75) is 12.6 Å². The van der Waals surface area contributed by atoms with Crippen molar-refractivity contribution in [1.29, 1.82) is 0 Å². The lowest BCUT2D eigenvalue weighted by Gasteiger charge is -2.12. The number of hydrogen-bond acceptors (Lipinski definition) is 4. The van der Waals surface area contributed by atoms with Crippen molar-refractivity contribution in [1.82, 2.24) is 5.32 Å². The van der Waals surface area contributed by atoms with E-state index >= 15 is 0 Å². The van der Waals surface area contributed by atoms with E-state index in [4.69, 9.17) is 15.2 Å². The highest BCUT2D eigenvalue weighted by Crippen LogP contribution is 2.22. The largest absolute Gasteiger partial charge is 0.497 e. The molecule has 1 aromatic rings. The molecule has 1 rings (SSSR count). The highest BCUT2D eigenvalue weighted by Gasteiger charge is 2.13. The lowest BCUT2D eigenvalue weighted by atomic mass is 10.2. The molecule has 0 saturated heterocycles. The van der Waals surface area contributed by atoms with Crippen molar-refractivity contribution in [3.63, 3.8) is 0 Å². The summed E-state index contributed by atoms with van der Waals surface area (Å²) in [5.74, 6) is 0.496. The molecule has 3 N–H and O–H groups in total. The zero-order valence-corrected chi connectivity index (χ0v) is 13.2. The highest BCUT2D eigenvalue weighted by molar-refractivity contribution is 9.10. The number of nitrogens with two attached hydrogens (primary N) is 1. The van der Waals surface area contributed by atoms with E-state index in [1.807, 2.05) is 18.2 Å². The summed E-state index contributed by atoms with van der Waals surface area (Å²) in [6.07, 6.45) is 0. The van der Waals surface area contributed by atoms with Crippen LogP contribution in [0.2, 0.25) is 0 Å². The van der Waals surface area contributed by atoms with E-state index in [-0.39, 0.29) is 24.9 Å². The zero-order valence-electron chi connectivity index (χ0n) is 10.8. The molecule has 0 radical (unpaired) electrons. The van der Waals surface area contributed by atoms with Crippen LogP contribution in [0.15, 0.2) is 22.7 Å². The number of carbonyl (C=O) groups excluding carboxylic acids is 1. The SMILES string of the molecule is COCC(N)C(=O)NCc1cc(OC)ccc1Br.Cl. The van der Waals surface area contributed by atoms with Crippen LogP contribution in [-0.4, -0.2) is 32.8 Å². The molecule has 0 aliphatic carbocycles. The van der Waals surface area contributed by atoms with Crippen LogP contribution in [0.3, 0.4) is 0 Å². The highest BCUT2D eigenvalue weighted by atomic mass is 79.9. The number of benzene rings is 1. The molecule has 0 aliphatic heterocycles. The third-order valence-corrected chi connectivity index (χ3v) is 3.16. The molecular weight excluding hydrogens is 336 g/mol. The number of carbonyl (C=O) groups is 1. The van der Waals surface area contributed by atoms with Gasteiger partial charge in [0, 0.05) is 18.1 Å². The van der Waals surface area contributed by atoms with Crippen LogP contribution < -0.4 is 15.8 Å². The van der Waals surface area contributed by atoms with Crippen molar-refractivity contribution in [3.05, 3.63) is 28.2 Å². The molecule has 0 spiro atoms. The lowest BCUT2D eigenvalue weighted by molar-refractivity contribution is -0.123. The third kappa shape index (κ3) is 5.78. The molecule has 108 valence electrons. The monoisotopic (exact) mass is 352 g/mol. The molecule has 19 heavy (non-hydrogen) atoms. The minimum Gasteiger partial charge on any atom is -0.497 e. The minimum atomic E-state index is -0.653. The first-order chi connectivity index (χ1) is 8.58. The summed E-state index contributed by atoms with van der Waals surface area (Å²) in [4.78, 5) is 11.6. The smallest absolute Gasteiger partial charge is 0.239 e. The second-order valence-electron chi connectivity index (χ2n) is 3.74. The summed E-state index contributed by atoms with van der Waals surface area (Å²) in [6.45, 7) is 0.582. The molecule has 0 aliphatic rings. The normalized spacial score (nSPS) is 11.4. The van der Waals surface area contributed by atoms with Gasteiger partial charge in [0.15, 0.2) is 0 Å². The van der Waals surface area contributed by atoms with Crippen molar-refractivity contribution < 1.29 is 14.3 Å². The van der Waals surface area contributed by atoms with Crippen LogP contribution in [0.5, 0.6) is 5.75 Å². The fourth-order valence-corrected chi connectivity index (χ4v) is 1.77. The Morgan fingerprint density at radius 2 is 2.16 bits per heavy atom. The Kier molecular flexibility index (Phi) is 8.75. The zero-order chi connectivity index (χ0) is 13.5. The first kappa shape index (κ1) is 18.2. The van der Waals surface area contributed by atoms with Gasteiger partial charge >= 0.3 is 0 Å². The van der Waals surface area contributed by atoms with Gasteiger partial charge in [0.1, 0.15) is 11.8 Å². The Balaban J connectivity index is 0.00000324. The topological polar surface area (TPSA) is 73.6 Å². The summed E-state index contributed by atoms with van der Waals surface area (Å²) < 4.78 is 10.9. The summed E-state index contributed by atoms with van der Waals surface area (Å²) in [5.41, 5.74) is 6.54. The van der Waals surface area contributed by atoms with Crippen molar-refractivity contribution in [2.24, 2.45) is 5.73 Å². The Morgan fingerprint density at radius 1 is 1.47 bits per heavy atom. The fraction of sp³-hybridized carbons (Fsp3) is 0.417. The van der Waals surface area contributed by atoms with Gasteiger partial charge in [0.05, 0.1) is 13.7 Å². The standard InChI is InChI=1S/C12H17BrN2O3.ClH/c1-17-7-11(14)12(16)15-6-8-5-9(18-2)3-4-10(8)13;/h3-5,11H,6-7,14H2,1-2H3,(H,15,16);1H. The van der Waals surface area contributed by atoms with E-state index in [9.17, 15) is 4.79 Å². The molecule has 0 fully saturated rings. The lowest BCUT2D eigenvalue weighted by Crippen LogP contribution is -2.43. The minimum absolute atomic E-state index is 0. The Bertz CT molecular complexity index is 418. The first-order valence-electron chi connectivity index (χ1n) is 5.43. The molecule has 1 aromatic carbocycles. The summed E-state index contributed by atoms with van der Waals surface area (Å²) in [7, 11) is 3.10. The molecule has 1 unspecified atom stereocenters. The Hall–Kier alpha value is -0.820. The third-order valence-electron chi connectivity index (χ3n) is 2.39. The summed E-state index contributed by atoms with van der Waals surface area (Å²) in [5, 5.41) is 2.75. The van der Waals surface area contributed by atoms with Crippen LogP contribution >= 0.6 is 28.3 Å². The number of ether oxygens (including phenoxy) is 2. The van der Waals surface area contributed by atoms with Gasteiger partial charge in [-0.2, -0.15) is 0 Å². The Morgan fingerprint density at radius 3 is 2.74 bits per heavy atom. The van der Waals surface area contributed by atoms with E-state index in [1.165, 1.54) is 7.11 Å². The second-order valence-corrected chi connectivity index (χ2v) is 4.59. The van der Waals surface area contributed by atoms with Gasteiger partial charge < -0.3 is 20.5 Å². The number of amides is 1. The number of methoxy groups -OCH3 is 2. The van der Waals surface area contributed by atoms with Crippen LogP contribution in [0, 0.1) is 0 Å². The molecule has 0 aromatic heterocycles. The molecule has 1 amide bonds. The van der Waals surface area contributed by atoms with Gasteiger partial charge in [-0.1, -0.05) is 15.9 Å². The predicted octanol–water partition coefficient (Wildman–Crippen LogP) is 1.47. The van der Waals surface area contributed by atoms with E-state index < -0.39 is 6.04 Å². The van der Waals surface area contributed by atoms with Gasteiger partial charge in [-0.25, -0.2) is 0 Å². The average molecular weight is 354 g/mol.